The van der Waals surface area contributed by atoms with E-state index in [1.165, 1.54) is 51.3 Å². The lowest BCUT2D eigenvalue weighted by Crippen LogP contribution is -2.58. The van der Waals surface area contributed by atoms with Crippen molar-refractivity contribution in [3.8, 4) is 0 Å². The van der Waals surface area contributed by atoms with Crippen LogP contribution in [-0.2, 0) is 6.42 Å². The van der Waals surface area contributed by atoms with Crippen LogP contribution < -0.4 is 10.6 Å². The third-order valence-electron chi connectivity index (χ3n) is 7.24. The number of hydrogen-bond acceptors (Lipinski definition) is 3. The highest BCUT2D eigenvalue weighted by molar-refractivity contribution is 14.0. The van der Waals surface area contributed by atoms with Crippen molar-refractivity contribution in [2.75, 3.05) is 52.9 Å². The molecule has 2 saturated heterocycles. The van der Waals surface area contributed by atoms with Gasteiger partial charge in [0, 0.05) is 35.7 Å². The molecule has 2 aliphatic rings. The van der Waals surface area contributed by atoms with E-state index in [1.807, 2.05) is 6.20 Å². The maximum Gasteiger partial charge on any atom is 0.191 e. The molecular weight excluding hydrogens is 530 g/mol. The number of hydrogen-bond donors (Lipinski definition) is 3. The number of nitrogens with one attached hydrogen (secondary N) is 3. The Labute approximate surface area is 214 Å². The van der Waals surface area contributed by atoms with Gasteiger partial charge in [-0.25, -0.2) is 4.39 Å². The molecule has 0 saturated carbocycles. The van der Waals surface area contributed by atoms with Crippen LogP contribution in [0.15, 0.2) is 29.4 Å². The number of H-pyrrole nitrogens is 1. The number of aromatic nitrogens is 1. The number of guanidine groups is 1. The zero-order valence-electron chi connectivity index (χ0n) is 20.1. The van der Waals surface area contributed by atoms with E-state index in [4.69, 9.17) is 4.99 Å². The van der Waals surface area contributed by atoms with Crippen molar-refractivity contribution < 1.29 is 4.39 Å². The Bertz CT molecular complexity index is 899. The average molecular weight is 571 g/mol. The van der Waals surface area contributed by atoms with Crippen molar-refractivity contribution in [2.45, 2.75) is 51.0 Å². The monoisotopic (exact) mass is 570 g/mol. The highest BCUT2D eigenvalue weighted by atomic mass is 127. The standard InChI is InChI=1S/C25H39FN6.HI/c1-3-27-24(28-12-9-20-18-29-23-8-7-21(26)17-22(20)23)30-19-25(10-15-31(2)16-11-25)32-13-5-4-6-14-32;/h7-8,17-18,29H,3-6,9-16,19H2,1-2H3,(H2,27,28,30);1H. The fraction of sp³-hybridized carbons (Fsp3) is 0.640. The number of likely N-dealkylation sites (tertiary alicyclic amines) is 2. The molecule has 2 aromatic rings. The predicted octanol–water partition coefficient (Wildman–Crippen LogP) is 3.97. The van der Waals surface area contributed by atoms with Crippen LogP contribution in [0.2, 0.25) is 0 Å². The molecule has 2 fully saturated rings. The molecule has 184 valence electrons. The predicted molar refractivity (Wildman–Crippen MR) is 146 cm³/mol. The molecule has 3 N–H and O–H groups in total. The van der Waals surface area contributed by atoms with E-state index in [9.17, 15) is 4.39 Å². The smallest absolute Gasteiger partial charge is 0.191 e. The molecule has 0 amide bonds. The van der Waals surface area contributed by atoms with Crippen molar-refractivity contribution >= 4 is 40.8 Å². The highest BCUT2D eigenvalue weighted by Gasteiger charge is 2.39. The van der Waals surface area contributed by atoms with Gasteiger partial charge in [-0.15, -0.1) is 24.0 Å². The van der Waals surface area contributed by atoms with Crippen molar-refractivity contribution in [1.82, 2.24) is 25.4 Å². The lowest BCUT2D eigenvalue weighted by atomic mass is 9.84. The molecule has 3 heterocycles. The second kappa shape index (κ2) is 12.4. The van der Waals surface area contributed by atoms with Gasteiger partial charge in [0.05, 0.1) is 6.54 Å². The van der Waals surface area contributed by atoms with E-state index in [0.717, 1.165) is 61.6 Å². The van der Waals surface area contributed by atoms with Crippen LogP contribution in [0.1, 0.15) is 44.6 Å². The van der Waals surface area contributed by atoms with Gasteiger partial charge in [0.1, 0.15) is 5.82 Å². The summed E-state index contributed by atoms with van der Waals surface area (Å²) in [5.41, 5.74) is 2.29. The molecule has 6 nitrogen and oxygen atoms in total. The molecule has 0 radical (unpaired) electrons. The third kappa shape index (κ3) is 6.60. The average Bonchev–Trinajstić information content (AvgIpc) is 3.21. The summed E-state index contributed by atoms with van der Waals surface area (Å²) in [6, 6.07) is 4.91. The zero-order valence-corrected chi connectivity index (χ0v) is 22.5. The van der Waals surface area contributed by atoms with E-state index in [1.54, 1.807) is 12.1 Å². The topological polar surface area (TPSA) is 58.7 Å². The van der Waals surface area contributed by atoms with Gasteiger partial charge in [-0.2, -0.15) is 0 Å². The van der Waals surface area contributed by atoms with Gasteiger partial charge in [-0.3, -0.25) is 9.89 Å². The Morgan fingerprint density at radius 3 is 2.61 bits per heavy atom. The van der Waals surface area contributed by atoms with Gasteiger partial charge >= 0.3 is 0 Å². The highest BCUT2D eigenvalue weighted by Crippen LogP contribution is 2.31. The van der Waals surface area contributed by atoms with E-state index in [-0.39, 0.29) is 35.3 Å². The Morgan fingerprint density at radius 1 is 1.12 bits per heavy atom. The Morgan fingerprint density at radius 2 is 1.88 bits per heavy atom. The molecule has 0 unspecified atom stereocenters. The van der Waals surface area contributed by atoms with Crippen LogP contribution in [0.4, 0.5) is 4.39 Å². The van der Waals surface area contributed by atoms with E-state index in [0.29, 0.717) is 0 Å². The fourth-order valence-corrected chi connectivity index (χ4v) is 5.22. The summed E-state index contributed by atoms with van der Waals surface area (Å²) >= 11 is 0. The summed E-state index contributed by atoms with van der Waals surface area (Å²) in [5.74, 6) is 0.691. The lowest BCUT2D eigenvalue weighted by Gasteiger charge is -2.49. The molecule has 1 aromatic carbocycles. The zero-order chi connectivity index (χ0) is 22.4. The normalized spacial score (nSPS) is 19.9. The molecule has 0 spiro atoms. The SMILES string of the molecule is CCNC(=NCC1(N2CCCCC2)CCN(C)CC1)NCCc1c[nH]c2ccc(F)cc12.I. The minimum atomic E-state index is -0.192. The summed E-state index contributed by atoms with van der Waals surface area (Å²) in [6.07, 6.45) is 9.16. The first-order valence-corrected chi connectivity index (χ1v) is 12.3. The summed E-state index contributed by atoms with van der Waals surface area (Å²) in [6.45, 7) is 9.25. The van der Waals surface area contributed by atoms with E-state index >= 15 is 0 Å². The minimum Gasteiger partial charge on any atom is -0.361 e. The van der Waals surface area contributed by atoms with Crippen LogP contribution >= 0.6 is 24.0 Å². The van der Waals surface area contributed by atoms with Crippen LogP contribution in [0.5, 0.6) is 0 Å². The lowest BCUT2D eigenvalue weighted by molar-refractivity contribution is 0.0208. The fourth-order valence-electron chi connectivity index (χ4n) is 5.22. The van der Waals surface area contributed by atoms with Crippen LogP contribution in [0.25, 0.3) is 10.9 Å². The van der Waals surface area contributed by atoms with Crippen molar-refractivity contribution in [3.05, 3.63) is 35.8 Å². The van der Waals surface area contributed by atoms with Crippen LogP contribution in [0.3, 0.4) is 0 Å². The first-order chi connectivity index (χ1) is 15.6. The number of aromatic amines is 1. The molecule has 4 rings (SSSR count). The largest absolute Gasteiger partial charge is 0.361 e. The van der Waals surface area contributed by atoms with Gasteiger partial charge < -0.3 is 20.5 Å². The molecule has 2 aliphatic heterocycles. The number of piperidine rings is 2. The van der Waals surface area contributed by atoms with Gasteiger partial charge in [0.25, 0.3) is 0 Å². The van der Waals surface area contributed by atoms with Gasteiger partial charge in [-0.1, -0.05) is 6.42 Å². The molecule has 1 aromatic heterocycles. The van der Waals surface area contributed by atoms with Crippen molar-refractivity contribution in [1.29, 1.82) is 0 Å². The summed E-state index contributed by atoms with van der Waals surface area (Å²) in [7, 11) is 2.23. The molecule has 0 bridgehead atoms. The number of halogens is 2. The van der Waals surface area contributed by atoms with Crippen LogP contribution in [-0.4, -0.2) is 79.1 Å². The minimum absolute atomic E-state index is 0. The number of fused-ring (bicyclic) bond motifs is 1. The molecule has 33 heavy (non-hydrogen) atoms. The second-order valence-corrected chi connectivity index (χ2v) is 9.45. The first-order valence-electron chi connectivity index (χ1n) is 12.3. The van der Waals surface area contributed by atoms with E-state index < -0.39 is 0 Å². The quantitative estimate of drug-likeness (QED) is 0.268. The second-order valence-electron chi connectivity index (χ2n) is 9.45. The Kier molecular flexibility index (Phi) is 9.81. The first kappa shape index (κ1) is 26.2. The van der Waals surface area contributed by atoms with Crippen molar-refractivity contribution in [3.63, 3.8) is 0 Å². The van der Waals surface area contributed by atoms with Gasteiger partial charge in [0.2, 0.25) is 0 Å². The van der Waals surface area contributed by atoms with Gasteiger partial charge in [0.15, 0.2) is 5.96 Å². The Hall–Kier alpha value is -1.39. The molecular formula is C25H40FIN6. The number of benzene rings is 1. The number of nitrogens with zero attached hydrogens (tertiary/aromatic N) is 3. The third-order valence-corrected chi connectivity index (χ3v) is 7.24. The maximum atomic E-state index is 13.7. The van der Waals surface area contributed by atoms with Gasteiger partial charge in [-0.05, 0) is 96.0 Å². The summed E-state index contributed by atoms with van der Waals surface area (Å²) in [5, 5.41) is 7.89. The van der Waals surface area contributed by atoms with Crippen LogP contribution in [0, 0.1) is 5.82 Å². The molecule has 0 atom stereocenters. The summed E-state index contributed by atoms with van der Waals surface area (Å²) in [4.78, 5) is 13.5. The number of rotatable bonds is 7. The summed E-state index contributed by atoms with van der Waals surface area (Å²) < 4.78 is 13.7. The Balaban J connectivity index is 0.00000306. The maximum absolute atomic E-state index is 13.7. The van der Waals surface area contributed by atoms with Crippen molar-refractivity contribution in [2.24, 2.45) is 4.99 Å². The molecule has 0 aliphatic carbocycles. The number of aliphatic imine (C=N–C) groups is 1. The van der Waals surface area contributed by atoms with E-state index in [2.05, 4.69) is 39.4 Å². The molecule has 8 heteroatoms.